The molecule has 1 unspecified atom stereocenters. The zero-order chi connectivity index (χ0) is 27.2. The van der Waals surface area contributed by atoms with Gasteiger partial charge >= 0.3 is 6.09 Å². The monoisotopic (exact) mass is 520 g/mol. The molecule has 2 aromatic carbocycles. The van der Waals surface area contributed by atoms with Gasteiger partial charge in [-0.1, -0.05) is 6.07 Å². The van der Waals surface area contributed by atoms with Crippen LogP contribution in [-0.4, -0.2) is 55.2 Å². The summed E-state index contributed by atoms with van der Waals surface area (Å²) in [5, 5.41) is 5.04. The molecule has 1 atom stereocenters. The molecule has 1 aliphatic heterocycles. The van der Waals surface area contributed by atoms with Crippen molar-refractivity contribution in [3.05, 3.63) is 71.6 Å². The summed E-state index contributed by atoms with van der Waals surface area (Å²) in [4.78, 5) is 35.4. The molecule has 0 bridgehead atoms. The highest BCUT2D eigenvalue weighted by molar-refractivity contribution is 6.09. The van der Waals surface area contributed by atoms with E-state index in [1.807, 2.05) is 0 Å². The number of hydrogen-bond acceptors (Lipinski definition) is 7. The highest BCUT2D eigenvalue weighted by Crippen LogP contribution is 2.35. The molecular weight excluding hydrogens is 494 g/mol. The highest BCUT2D eigenvalue weighted by atomic mass is 19.1. The number of rotatable bonds is 4. The molecular formula is C27H26F2N6O3. The van der Waals surface area contributed by atoms with Gasteiger partial charge in [-0.15, -0.1) is 0 Å². The van der Waals surface area contributed by atoms with Crippen molar-refractivity contribution < 1.29 is 23.1 Å². The Bertz CT molecular complexity index is 1550. The van der Waals surface area contributed by atoms with E-state index < -0.39 is 29.1 Å². The number of hydrogen-bond donors (Lipinski definition) is 1. The summed E-state index contributed by atoms with van der Waals surface area (Å²) in [5.41, 5.74) is 6.65. The zero-order valence-electron chi connectivity index (χ0n) is 21.1. The maximum absolute atomic E-state index is 15.4. The van der Waals surface area contributed by atoms with E-state index >= 15 is 4.39 Å². The Morgan fingerprint density at radius 2 is 1.76 bits per heavy atom. The van der Waals surface area contributed by atoms with Gasteiger partial charge in [-0.05, 0) is 63.6 Å². The summed E-state index contributed by atoms with van der Waals surface area (Å²) in [5.74, 6) is -1.47. The fourth-order valence-corrected chi connectivity index (χ4v) is 4.49. The van der Waals surface area contributed by atoms with Gasteiger partial charge in [-0.25, -0.2) is 28.2 Å². The van der Waals surface area contributed by atoms with Gasteiger partial charge in [-0.2, -0.15) is 5.10 Å². The number of aromatic nitrogens is 4. The van der Waals surface area contributed by atoms with Crippen LogP contribution < -0.4 is 5.73 Å². The third kappa shape index (κ3) is 4.79. The van der Waals surface area contributed by atoms with E-state index in [1.54, 1.807) is 30.4 Å². The first-order valence-electron chi connectivity index (χ1n) is 12.1. The molecule has 4 aromatic rings. The van der Waals surface area contributed by atoms with E-state index in [4.69, 9.17) is 10.5 Å². The summed E-state index contributed by atoms with van der Waals surface area (Å²) in [6.07, 6.45) is 1.48. The van der Waals surface area contributed by atoms with Gasteiger partial charge in [0.25, 0.3) is 0 Å². The molecule has 1 aliphatic rings. The molecule has 0 radical (unpaired) electrons. The number of benzene rings is 2. The minimum absolute atomic E-state index is 0.106. The second-order valence-corrected chi connectivity index (χ2v) is 10.2. The number of anilines is 1. The number of likely N-dealkylation sites (tertiary alicyclic amines) is 1. The van der Waals surface area contributed by atoms with Crippen molar-refractivity contribution in [3.63, 3.8) is 0 Å². The molecule has 5 rings (SSSR count). The Hall–Kier alpha value is -4.41. The van der Waals surface area contributed by atoms with Crippen LogP contribution in [0.4, 0.5) is 19.4 Å². The number of halogens is 2. The number of carbonyl (C=O) groups is 2. The molecule has 3 heterocycles. The van der Waals surface area contributed by atoms with Gasteiger partial charge in [-0.3, -0.25) is 4.79 Å². The molecule has 1 saturated heterocycles. The van der Waals surface area contributed by atoms with Crippen LogP contribution in [0.3, 0.4) is 0 Å². The molecule has 11 heteroatoms. The Balaban J connectivity index is 1.49. The average Bonchev–Trinajstić information content (AvgIpc) is 3.49. The Morgan fingerprint density at radius 3 is 2.45 bits per heavy atom. The van der Waals surface area contributed by atoms with Crippen LogP contribution in [0.25, 0.3) is 22.3 Å². The zero-order valence-corrected chi connectivity index (χ0v) is 21.1. The van der Waals surface area contributed by atoms with Crippen LogP contribution in [-0.2, 0) is 4.74 Å². The minimum Gasteiger partial charge on any atom is -0.444 e. The first-order chi connectivity index (χ1) is 18.0. The van der Waals surface area contributed by atoms with Crippen molar-refractivity contribution in [1.82, 2.24) is 24.6 Å². The average molecular weight is 521 g/mol. The second kappa shape index (κ2) is 9.47. The number of nitrogens with two attached hydrogens (primary N) is 1. The van der Waals surface area contributed by atoms with Gasteiger partial charge < -0.3 is 15.4 Å². The molecule has 0 spiro atoms. The molecule has 0 saturated carbocycles. The molecule has 0 aliphatic carbocycles. The highest BCUT2D eigenvalue weighted by Gasteiger charge is 2.33. The van der Waals surface area contributed by atoms with E-state index in [2.05, 4.69) is 15.1 Å². The normalized spacial score (nSPS) is 15.7. The lowest BCUT2D eigenvalue weighted by molar-refractivity contribution is 0.0288. The van der Waals surface area contributed by atoms with E-state index in [0.717, 1.165) is 6.07 Å². The van der Waals surface area contributed by atoms with Crippen molar-refractivity contribution in [1.29, 1.82) is 0 Å². The SMILES string of the molecule is CC(C)(C)OC(=O)N1CCC(n2nc(-c3ccc(C(=O)c4ccc(F)cc4)cc3F)c3c(N)ncnc32)C1. The van der Waals surface area contributed by atoms with Crippen LogP contribution in [0.2, 0.25) is 0 Å². The van der Waals surface area contributed by atoms with E-state index in [1.165, 1.54) is 42.7 Å². The molecule has 9 nitrogen and oxygen atoms in total. The van der Waals surface area contributed by atoms with Gasteiger partial charge in [0.05, 0.1) is 11.4 Å². The van der Waals surface area contributed by atoms with Crippen molar-refractivity contribution in [3.8, 4) is 11.3 Å². The lowest BCUT2D eigenvalue weighted by atomic mass is 10.00. The smallest absolute Gasteiger partial charge is 0.410 e. The summed E-state index contributed by atoms with van der Waals surface area (Å²) in [7, 11) is 0. The third-order valence-corrected chi connectivity index (χ3v) is 6.27. The topological polar surface area (TPSA) is 116 Å². The fourth-order valence-electron chi connectivity index (χ4n) is 4.49. The number of nitrogens with zero attached hydrogens (tertiary/aromatic N) is 5. The van der Waals surface area contributed by atoms with Crippen molar-refractivity contribution in [2.45, 2.75) is 38.8 Å². The number of amides is 1. The number of fused-ring (bicyclic) bond motifs is 1. The van der Waals surface area contributed by atoms with Crippen molar-refractivity contribution >= 4 is 28.7 Å². The third-order valence-electron chi connectivity index (χ3n) is 6.27. The Morgan fingerprint density at radius 1 is 1.05 bits per heavy atom. The number of carbonyl (C=O) groups excluding carboxylic acids is 2. The Kier molecular flexibility index (Phi) is 6.29. The van der Waals surface area contributed by atoms with E-state index in [0.29, 0.717) is 30.5 Å². The van der Waals surface area contributed by atoms with Crippen molar-refractivity contribution in [2.24, 2.45) is 0 Å². The largest absolute Gasteiger partial charge is 0.444 e. The summed E-state index contributed by atoms with van der Waals surface area (Å²) < 4.78 is 35.8. The van der Waals surface area contributed by atoms with Gasteiger partial charge in [0.1, 0.15) is 35.1 Å². The maximum Gasteiger partial charge on any atom is 0.410 e. The number of nitrogen functional groups attached to an aromatic ring is 1. The van der Waals surface area contributed by atoms with Crippen LogP contribution in [0.5, 0.6) is 0 Å². The molecule has 1 amide bonds. The van der Waals surface area contributed by atoms with E-state index in [-0.39, 0.29) is 34.2 Å². The minimum atomic E-state index is -0.686. The van der Waals surface area contributed by atoms with Crippen LogP contribution in [0, 0.1) is 11.6 Å². The van der Waals surface area contributed by atoms with Crippen LogP contribution in [0.1, 0.15) is 49.2 Å². The summed E-state index contributed by atoms with van der Waals surface area (Å²) in [6.45, 7) is 6.21. The van der Waals surface area contributed by atoms with Crippen LogP contribution in [0.15, 0.2) is 48.8 Å². The number of ketones is 1. The van der Waals surface area contributed by atoms with Crippen LogP contribution >= 0.6 is 0 Å². The second-order valence-electron chi connectivity index (χ2n) is 10.2. The van der Waals surface area contributed by atoms with Gasteiger partial charge in [0.15, 0.2) is 11.4 Å². The van der Waals surface area contributed by atoms with Gasteiger partial charge in [0.2, 0.25) is 0 Å². The quantitative estimate of drug-likeness (QED) is 0.386. The van der Waals surface area contributed by atoms with E-state index in [9.17, 15) is 14.0 Å². The predicted octanol–water partition coefficient (Wildman–Crippen LogP) is 4.77. The molecule has 2 aromatic heterocycles. The number of ether oxygens (including phenoxy) is 1. The summed E-state index contributed by atoms with van der Waals surface area (Å²) >= 11 is 0. The molecule has 2 N–H and O–H groups in total. The Labute approximate surface area is 217 Å². The molecule has 38 heavy (non-hydrogen) atoms. The summed E-state index contributed by atoms with van der Waals surface area (Å²) in [6, 6.07) is 8.85. The molecule has 1 fully saturated rings. The first-order valence-corrected chi connectivity index (χ1v) is 12.1. The molecule has 196 valence electrons. The standard InChI is InChI=1S/C27H26F2N6O3/c1-27(2,3)38-26(37)34-11-10-18(13-34)35-25-21(24(30)31-14-32-25)22(33-35)19-9-6-16(12-20(19)29)23(36)15-4-7-17(28)8-5-15/h4-9,12,14,18H,10-11,13H2,1-3H3,(H2,30,31,32). The maximum atomic E-state index is 15.4. The lowest BCUT2D eigenvalue weighted by Gasteiger charge is -2.24. The van der Waals surface area contributed by atoms with Crippen molar-refractivity contribution in [2.75, 3.05) is 18.8 Å². The fraction of sp³-hybridized carbons (Fsp3) is 0.296. The lowest BCUT2D eigenvalue weighted by Crippen LogP contribution is -2.35. The van der Waals surface area contributed by atoms with Gasteiger partial charge in [0, 0.05) is 29.8 Å². The predicted molar refractivity (Wildman–Crippen MR) is 136 cm³/mol. The first kappa shape index (κ1) is 25.2.